The van der Waals surface area contributed by atoms with E-state index in [1.165, 1.54) is 0 Å². The molecule has 0 heterocycles. The average molecular weight is 285 g/mol. The van der Waals surface area contributed by atoms with Gasteiger partial charge in [0.1, 0.15) is 0 Å². The van der Waals surface area contributed by atoms with Crippen LogP contribution in [0.5, 0.6) is 0 Å². The molecule has 1 amide bonds. The van der Waals surface area contributed by atoms with Crippen LogP contribution in [0.15, 0.2) is 22.7 Å². The van der Waals surface area contributed by atoms with Gasteiger partial charge in [-0.15, -0.1) is 0 Å². The number of benzene rings is 1. The third-order valence-electron chi connectivity index (χ3n) is 2.56. The van der Waals surface area contributed by atoms with Crippen LogP contribution in [0.4, 0.5) is 0 Å². The van der Waals surface area contributed by atoms with E-state index in [2.05, 4.69) is 21.2 Å². The zero-order chi connectivity index (χ0) is 12.1. The number of hydrogen-bond acceptors (Lipinski definition) is 2. The Bertz CT molecular complexity index is 379. The van der Waals surface area contributed by atoms with Crippen LogP contribution in [0.25, 0.3) is 0 Å². The highest BCUT2D eigenvalue weighted by Crippen LogP contribution is 2.15. The first-order chi connectivity index (χ1) is 7.54. The molecule has 16 heavy (non-hydrogen) atoms. The molecule has 88 valence electrons. The summed E-state index contributed by atoms with van der Waals surface area (Å²) in [6.45, 7) is 4.79. The second-order valence-electron chi connectivity index (χ2n) is 3.93. The fraction of sp³-hybridized carbons (Fsp3) is 0.417. The largest absolute Gasteiger partial charge is 0.352 e. The quantitative estimate of drug-likeness (QED) is 0.888. The standard InChI is InChI=1S/C12H17BrN2O/c1-8-5-11(13)4-3-10(8)7-15-12(16)9(2)6-14/h3-5,9H,6-7,14H2,1-2H3,(H,15,16). The maximum absolute atomic E-state index is 11.5. The van der Waals surface area contributed by atoms with Crippen molar-refractivity contribution in [1.82, 2.24) is 5.32 Å². The van der Waals surface area contributed by atoms with Gasteiger partial charge in [0.15, 0.2) is 0 Å². The first kappa shape index (κ1) is 13.2. The number of carbonyl (C=O) groups is 1. The lowest BCUT2D eigenvalue weighted by Crippen LogP contribution is -2.32. The molecule has 0 spiro atoms. The molecule has 0 saturated heterocycles. The SMILES string of the molecule is Cc1cc(Br)ccc1CNC(=O)C(C)CN. The van der Waals surface area contributed by atoms with Gasteiger partial charge in [-0.2, -0.15) is 0 Å². The second kappa shape index (κ2) is 6.01. The van der Waals surface area contributed by atoms with E-state index < -0.39 is 0 Å². The van der Waals surface area contributed by atoms with Gasteiger partial charge in [-0.05, 0) is 30.2 Å². The summed E-state index contributed by atoms with van der Waals surface area (Å²) in [4.78, 5) is 11.5. The van der Waals surface area contributed by atoms with Crippen molar-refractivity contribution in [2.24, 2.45) is 11.7 Å². The molecule has 3 nitrogen and oxygen atoms in total. The summed E-state index contributed by atoms with van der Waals surface area (Å²) in [5, 5.41) is 2.88. The van der Waals surface area contributed by atoms with Gasteiger partial charge < -0.3 is 11.1 Å². The van der Waals surface area contributed by atoms with Crippen LogP contribution in [-0.2, 0) is 11.3 Å². The van der Waals surface area contributed by atoms with E-state index in [-0.39, 0.29) is 11.8 Å². The molecule has 1 aromatic rings. The molecule has 3 N–H and O–H groups in total. The summed E-state index contributed by atoms with van der Waals surface area (Å²) >= 11 is 3.41. The number of nitrogens with two attached hydrogens (primary N) is 1. The topological polar surface area (TPSA) is 55.1 Å². The Hall–Kier alpha value is -0.870. The lowest BCUT2D eigenvalue weighted by Gasteiger charge is -2.11. The van der Waals surface area contributed by atoms with Crippen molar-refractivity contribution < 1.29 is 4.79 Å². The Balaban J connectivity index is 2.58. The monoisotopic (exact) mass is 284 g/mol. The molecule has 1 unspecified atom stereocenters. The predicted molar refractivity (Wildman–Crippen MR) is 68.9 cm³/mol. The summed E-state index contributed by atoms with van der Waals surface area (Å²) in [6.07, 6.45) is 0. The van der Waals surface area contributed by atoms with E-state index in [9.17, 15) is 4.79 Å². The van der Waals surface area contributed by atoms with Crippen LogP contribution in [-0.4, -0.2) is 12.5 Å². The second-order valence-corrected chi connectivity index (χ2v) is 4.84. The number of rotatable bonds is 4. The van der Waals surface area contributed by atoms with Gasteiger partial charge >= 0.3 is 0 Å². The van der Waals surface area contributed by atoms with Crippen molar-refractivity contribution in [2.45, 2.75) is 20.4 Å². The highest BCUT2D eigenvalue weighted by atomic mass is 79.9. The Morgan fingerprint density at radius 2 is 2.25 bits per heavy atom. The van der Waals surface area contributed by atoms with E-state index in [4.69, 9.17) is 5.73 Å². The van der Waals surface area contributed by atoms with Crippen molar-refractivity contribution in [3.63, 3.8) is 0 Å². The van der Waals surface area contributed by atoms with Crippen molar-refractivity contribution >= 4 is 21.8 Å². The summed E-state index contributed by atoms with van der Waals surface area (Å²) in [5.74, 6) is -0.124. The molecule has 0 saturated carbocycles. The highest BCUT2D eigenvalue weighted by molar-refractivity contribution is 9.10. The molecular weight excluding hydrogens is 268 g/mol. The van der Waals surface area contributed by atoms with Gasteiger partial charge in [-0.25, -0.2) is 0 Å². The third-order valence-corrected chi connectivity index (χ3v) is 3.05. The molecule has 0 aromatic heterocycles. The molecule has 1 rings (SSSR count). The Morgan fingerprint density at radius 3 is 2.81 bits per heavy atom. The summed E-state index contributed by atoms with van der Waals surface area (Å²) in [6, 6.07) is 6.02. The number of carbonyl (C=O) groups excluding carboxylic acids is 1. The normalized spacial score (nSPS) is 12.2. The van der Waals surface area contributed by atoms with E-state index in [0.717, 1.165) is 15.6 Å². The van der Waals surface area contributed by atoms with Gasteiger partial charge in [-0.3, -0.25) is 4.79 Å². The van der Waals surface area contributed by atoms with Gasteiger partial charge in [0.2, 0.25) is 5.91 Å². The van der Waals surface area contributed by atoms with E-state index in [1.54, 1.807) is 0 Å². The zero-order valence-corrected chi connectivity index (χ0v) is 11.2. The summed E-state index contributed by atoms with van der Waals surface area (Å²) < 4.78 is 1.05. The van der Waals surface area contributed by atoms with Crippen molar-refractivity contribution in [3.05, 3.63) is 33.8 Å². The van der Waals surface area contributed by atoms with Gasteiger partial charge in [-0.1, -0.05) is 28.9 Å². The molecule has 0 radical (unpaired) electrons. The maximum atomic E-state index is 11.5. The van der Waals surface area contributed by atoms with Crippen LogP contribution in [0.2, 0.25) is 0 Å². The lowest BCUT2D eigenvalue weighted by atomic mass is 10.1. The molecule has 1 aromatic carbocycles. The van der Waals surface area contributed by atoms with Crippen molar-refractivity contribution in [1.29, 1.82) is 0 Å². The Labute approximate surface area is 105 Å². The number of nitrogens with one attached hydrogen (secondary N) is 1. The molecule has 0 aliphatic heterocycles. The zero-order valence-electron chi connectivity index (χ0n) is 9.59. The first-order valence-corrected chi connectivity index (χ1v) is 6.06. The highest BCUT2D eigenvalue weighted by Gasteiger charge is 2.10. The van der Waals surface area contributed by atoms with Crippen LogP contribution >= 0.6 is 15.9 Å². The summed E-state index contributed by atoms with van der Waals surface area (Å²) in [5.41, 5.74) is 7.71. The minimum Gasteiger partial charge on any atom is -0.352 e. The van der Waals surface area contributed by atoms with Gasteiger partial charge in [0, 0.05) is 23.5 Å². The van der Waals surface area contributed by atoms with Crippen LogP contribution in [0, 0.1) is 12.8 Å². The molecule has 4 heteroatoms. The van der Waals surface area contributed by atoms with E-state index in [1.807, 2.05) is 32.0 Å². The Morgan fingerprint density at radius 1 is 1.56 bits per heavy atom. The summed E-state index contributed by atoms with van der Waals surface area (Å²) in [7, 11) is 0. The maximum Gasteiger partial charge on any atom is 0.224 e. The molecular formula is C12H17BrN2O. The lowest BCUT2D eigenvalue weighted by molar-refractivity contribution is -0.124. The fourth-order valence-corrected chi connectivity index (χ4v) is 1.80. The van der Waals surface area contributed by atoms with Gasteiger partial charge in [0.25, 0.3) is 0 Å². The average Bonchev–Trinajstić information content (AvgIpc) is 2.26. The smallest absolute Gasteiger partial charge is 0.224 e. The number of aryl methyl sites for hydroxylation is 1. The van der Waals surface area contributed by atoms with Crippen LogP contribution in [0.1, 0.15) is 18.1 Å². The molecule has 0 bridgehead atoms. The minimum atomic E-state index is -0.129. The van der Waals surface area contributed by atoms with Gasteiger partial charge in [0.05, 0.1) is 0 Å². The van der Waals surface area contributed by atoms with Crippen molar-refractivity contribution in [3.8, 4) is 0 Å². The number of halogens is 1. The molecule has 0 aliphatic carbocycles. The van der Waals surface area contributed by atoms with Crippen molar-refractivity contribution in [2.75, 3.05) is 6.54 Å². The Kier molecular flexibility index (Phi) is 4.96. The van der Waals surface area contributed by atoms with Crippen LogP contribution in [0.3, 0.4) is 0 Å². The predicted octanol–water partition coefficient (Wildman–Crippen LogP) is 1.97. The molecule has 0 fully saturated rings. The fourth-order valence-electron chi connectivity index (χ4n) is 1.32. The number of amides is 1. The third kappa shape index (κ3) is 3.61. The first-order valence-electron chi connectivity index (χ1n) is 5.27. The van der Waals surface area contributed by atoms with E-state index in [0.29, 0.717) is 13.1 Å². The number of hydrogen-bond donors (Lipinski definition) is 2. The molecule has 1 atom stereocenters. The van der Waals surface area contributed by atoms with Crippen LogP contribution < -0.4 is 11.1 Å². The van der Waals surface area contributed by atoms with E-state index >= 15 is 0 Å². The minimum absolute atomic E-state index is 0.00446. The molecule has 0 aliphatic rings.